The third-order valence-electron chi connectivity index (χ3n) is 3.03. The van der Waals surface area contributed by atoms with Gasteiger partial charge in [-0.2, -0.15) is 0 Å². The van der Waals surface area contributed by atoms with Crippen LogP contribution in [0, 0.1) is 0 Å². The Hall–Kier alpha value is -0.730. The normalized spacial score (nSPS) is 19.1. The summed E-state index contributed by atoms with van der Waals surface area (Å²) in [6.07, 6.45) is 2.30. The van der Waals surface area contributed by atoms with Crippen LogP contribution in [-0.2, 0) is 0 Å². The fourth-order valence-electron chi connectivity index (χ4n) is 2.06. The lowest BCUT2D eigenvalue weighted by molar-refractivity contribution is 0.335. The summed E-state index contributed by atoms with van der Waals surface area (Å²) in [6, 6.07) is 8.38. The van der Waals surface area contributed by atoms with Crippen molar-refractivity contribution in [1.29, 1.82) is 0 Å². The number of hydrogen-bond acceptors (Lipinski definition) is 2. The Balaban J connectivity index is 2.03. The number of piperidine rings is 1. The van der Waals surface area contributed by atoms with Crippen molar-refractivity contribution < 1.29 is 4.74 Å². The van der Waals surface area contributed by atoms with Gasteiger partial charge >= 0.3 is 0 Å². The Kier molecular flexibility index (Phi) is 3.49. The number of nitrogens with zero attached hydrogens (tertiary/aromatic N) is 1. The Labute approximate surface area is 95.9 Å². The first kappa shape index (κ1) is 10.8. The van der Waals surface area contributed by atoms with Crippen LogP contribution in [0.1, 0.15) is 24.3 Å². The Morgan fingerprint density at radius 2 is 1.80 bits per heavy atom. The third-order valence-corrected chi connectivity index (χ3v) is 3.37. The molecule has 82 valence electrons. The number of hydrogen-bond donors (Lipinski definition) is 0. The molecule has 1 heterocycles. The molecule has 0 unspecified atom stereocenters. The van der Waals surface area contributed by atoms with Crippen LogP contribution in [0.3, 0.4) is 0 Å². The molecule has 0 amide bonds. The molecule has 3 heteroatoms. The summed E-state index contributed by atoms with van der Waals surface area (Å²) in [4.78, 5) is 0. The fraction of sp³-hybridized carbons (Fsp3) is 0.500. The summed E-state index contributed by atoms with van der Waals surface area (Å²) in [7, 11) is 1.70. The lowest BCUT2D eigenvalue weighted by atomic mass is 9.90. The molecule has 0 aromatic heterocycles. The highest BCUT2D eigenvalue weighted by atomic mass is 35.5. The first-order valence-corrected chi connectivity index (χ1v) is 5.68. The van der Waals surface area contributed by atoms with Gasteiger partial charge in [0.2, 0.25) is 0 Å². The molecular formula is C12H16ClNO. The third kappa shape index (κ3) is 2.64. The van der Waals surface area contributed by atoms with Crippen molar-refractivity contribution in [2.24, 2.45) is 0 Å². The van der Waals surface area contributed by atoms with Crippen LogP contribution in [0.5, 0.6) is 5.75 Å². The molecule has 0 atom stereocenters. The Bertz CT molecular complexity index is 304. The van der Waals surface area contributed by atoms with Crippen LogP contribution < -0.4 is 4.74 Å². The summed E-state index contributed by atoms with van der Waals surface area (Å²) in [5, 5.41) is 0. The fourth-order valence-corrected chi connectivity index (χ4v) is 2.25. The van der Waals surface area contributed by atoms with Gasteiger partial charge in [-0.25, -0.2) is 4.42 Å². The maximum absolute atomic E-state index is 5.93. The quantitative estimate of drug-likeness (QED) is 0.718. The van der Waals surface area contributed by atoms with Gasteiger partial charge in [-0.05, 0) is 48.2 Å². The summed E-state index contributed by atoms with van der Waals surface area (Å²) in [5.41, 5.74) is 1.40. The first-order valence-electron chi connectivity index (χ1n) is 5.34. The monoisotopic (exact) mass is 225 g/mol. The van der Waals surface area contributed by atoms with E-state index in [1.165, 1.54) is 5.56 Å². The van der Waals surface area contributed by atoms with Crippen molar-refractivity contribution in [3.05, 3.63) is 29.8 Å². The van der Waals surface area contributed by atoms with E-state index in [1.807, 2.05) is 16.6 Å². The molecule has 1 fully saturated rings. The molecule has 0 radical (unpaired) electrons. The van der Waals surface area contributed by atoms with Gasteiger partial charge in [-0.1, -0.05) is 12.1 Å². The first-order chi connectivity index (χ1) is 7.29. The van der Waals surface area contributed by atoms with Gasteiger partial charge in [-0.15, -0.1) is 0 Å². The predicted octanol–water partition coefficient (Wildman–Crippen LogP) is 3.03. The maximum atomic E-state index is 5.93. The molecular weight excluding hydrogens is 210 g/mol. The van der Waals surface area contributed by atoms with E-state index in [0.717, 1.165) is 31.7 Å². The minimum absolute atomic E-state index is 0.658. The smallest absolute Gasteiger partial charge is 0.118 e. The van der Waals surface area contributed by atoms with Gasteiger partial charge in [0.15, 0.2) is 0 Å². The number of halogens is 1. The van der Waals surface area contributed by atoms with E-state index in [-0.39, 0.29) is 0 Å². The van der Waals surface area contributed by atoms with E-state index in [0.29, 0.717) is 5.92 Å². The summed E-state index contributed by atoms with van der Waals surface area (Å²) in [5.74, 6) is 1.58. The second-order valence-electron chi connectivity index (χ2n) is 3.96. The van der Waals surface area contributed by atoms with Gasteiger partial charge in [0.25, 0.3) is 0 Å². The van der Waals surface area contributed by atoms with E-state index in [9.17, 15) is 0 Å². The molecule has 0 bridgehead atoms. The van der Waals surface area contributed by atoms with Crippen LogP contribution in [-0.4, -0.2) is 24.6 Å². The van der Waals surface area contributed by atoms with Gasteiger partial charge in [-0.3, -0.25) is 0 Å². The SMILES string of the molecule is COc1ccc(C2CCN(Cl)CC2)cc1. The highest BCUT2D eigenvalue weighted by molar-refractivity contribution is 6.13. The van der Waals surface area contributed by atoms with Gasteiger partial charge in [0.05, 0.1) is 7.11 Å². The number of methoxy groups -OCH3 is 1. The van der Waals surface area contributed by atoms with Crippen LogP contribution in [0.2, 0.25) is 0 Å². The zero-order valence-electron chi connectivity index (χ0n) is 8.95. The Morgan fingerprint density at radius 1 is 1.20 bits per heavy atom. The number of benzene rings is 1. The zero-order valence-corrected chi connectivity index (χ0v) is 9.70. The molecule has 0 spiro atoms. The lowest BCUT2D eigenvalue weighted by Gasteiger charge is -2.27. The number of ether oxygens (including phenoxy) is 1. The van der Waals surface area contributed by atoms with Crippen LogP contribution >= 0.6 is 11.8 Å². The molecule has 1 aromatic carbocycles. The predicted molar refractivity (Wildman–Crippen MR) is 62.4 cm³/mol. The van der Waals surface area contributed by atoms with E-state index in [1.54, 1.807) is 7.11 Å². The minimum atomic E-state index is 0.658. The van der Waals surface area contributed by atoms with E-state index >= 15 is 0 Å². The van der Waals surface area contributed by atoms with E-state index in [2.05, 4.69) is 12.1 Å². The molecule has 0 aliphatic carbocycles. The molecule has 0 N–H and O–H groups in total. The second kappa shape index (κ2) is 4.86. The molecule has 0 saturated carbocycles. The second-order valence-corrected chi connectivity index (χ2v) is 4.44. The molecule has 15 heavy (non-hydrogen) atoms. The largest absolute Gasteiger partial charge is 0.497 e. The van der Waals surface area contributed by atoms with Crippen molar-refractivity contribution in [2.45, 2.75) is 18.8 Å². The minimum Gasteiger partial charge on any atom is -0.497 e. The van der Waals surface area contributed by atoms with Crippen molar-refractivity contribution in [3.63, 3.8) is 0 Å². The molecule has 2 nitrogen and oxygen atoms in total. The van der Waals surface area contributed by atoms with Crippen LogP contribution in [0.15, 0.2) is 24.3 Å². The van der Waals surface area contributed by atoms with Crippen molar-refractivity contribution >= 4 is 11.8 Å². The van der Waals surface area contributed by atoms with Crippen LogP contribution in [0.4, 0.5) is 0 Å². The maximum Gasteiger partial charge on any atom is 0.118 e. The molecule has 1 aliphatic rings. The molecule has 1 saturated heterocycles. The molecule has 1 aliphatic heterocycles. The average molecular weight is 226 g/mol. The van der Waals surface area contributed by atoms with Crippen molar-refractivity contribution in [2.75, 3.05) is 20.2 Å². The summed E-state index contributed by atoms with van der Waals surface area (Å²) in [6.45, 7) is 1.97. The highest BCUT2D eigenvalue weighted by Crippen LogP contribution is 2.29. The number of rotatable bonds is 2. The van der Waals surface area contributed by atoms with Gasteiger partial charge in [0.1, 0.15) is 5.75 Å². The zero-order chi connectivity index (χ0) is 10.7. The highest BCUT2D eigenvalue weighted by Gasteiger charge is 2.19. The van der Waals surface area contributed by atoms with E-state index in [4.69, 9.17) is 16.5 Å². The van der Waals surface area contributed by atoms with Gasteiger partial charge in [0, 0.05) is 13.1 Å². The molecule has 2 rings (SSSR count). The lowest BCUT2D eigenvalue weighted by Crippen LogP contribution is -2.25. The Morgan fingerprint density at radius 3 is 2.33 bits per heavy atom. The van der Waals surface area contributed by atoms with Crippen molar-refractivity contribution in [1.82, 2.24) is 4.42 Å². The van der Waals surface area contributed by atoms with E-state index < -0.39 is 0 Å². The van der Waals surface area contributed by atoms with Crippen molar-refractivity contribution in [3.8, 4) is 5.75 Å². The molecule has 1 aromatic rings. The summed E-state index contributed by atoms with van der Waals surface area (Å²) >= 11 is 5.93. The van der Waals surface area contributed by atoms with Crippen LogP contribution in [0.25, 0.3) is 0 Å². The summed E-state index contributed by atoms with van der Waals surface area (Å²) < 4.78 is 7.02. The average Bonchev–Trinajstić information content (AvgIpc) is 2.30. The standard InChI is InChI=1S/C12H16ClNO/c1-15-12-4-2-10(3-5-12)11-6-8-14(13)9-7-11/h2-5,11H,6-9H2,1H3. The topological polar surface area (TPSA) is 12.5 Å². The van der Waals surface area contributed by atoms with Gasteiger partial charge < -0.3 is 4.74 Å².